The minimum atomic E-state index is -1.02. The summed E-state index contributed by atoms with van der Waals surface area (Å²) in [6.07, 6.45) is 0. The minimum Gasteiger partial charge on any atom is -0.0624 e. The van der Waals surface area contributed by atoms with E-state index < -0.39 is 8.80 Å². The number of rotatable bonds is 5. The topological polar surface area (TPSA) is 0 Å². The fourth-order valence-electron chi connectivity index (χ4n) is 4.02. The Morgan fingerprint density at radius 1 is 0.258 bits per heavy atom. The van der Waals surface area contributed by atoms with Gasteiger partial charge in [0, 0.05) is 0 Å². The highest BCUT2D eigenvalue weighted by Gasteiger charge is 2.19. The summed E-state index contributed by atoms with van der Waals surface area (Å²) < 4.78 is 0. The van der Waals surface area contributed by atoms with Crippen LogP contribution in [0.5, 0.6) is 0 Å². The highest BCUT2D eigenvalue weighted by atomic mass is 28.3. The van der Waals surface area contributed by atoms with Crippen molar-refractivity contribution >= 4 is 24.4 Å². The second-order valence-electron chi connectivity index (χ2n) is 7.63. The molecule has 0 N–H and O–H groups in total. The highest BCUT2D eigenvalue weighted by molar-refractivity contribution is 6.95. The normalized spacial score (nSPS) is 10.9. The molecule has 0 saturated carbocycles. The summed E-state index contributed by atoms with van der Waals surface area (Å²) in [5.74, 6) is 0. The van der Waals surface area contributed by atoms with Crippen molar-refractivity contribution in [2.75, 3.05) is 0 Å². The van der Waals surface area contributed by atoms with Gasteiger partial charge in [-0.25, -0.2) is 0 Å². The van der Waals surface area contributed by atoms with Gasteiger partial charge in [0.1, 0.15) is 0 Å². The Bertz CT molecular complexity index is 1190. The summed E-state index contributed by atoms with van der Waals surface area (Å²) >= 11 is 0. The summed E-state index contributed by atoms with van der Waals surface area (Å²) in [4.78, 5) is 0. The molecule has 31 heavy (non-hydrogen) atoms. The molecule has 0 bridgehead atoms. The summed E-state index contributed by atoms with van der Waals surface area (Å²) in [5, 5.41) is 4.24. The van der Waals surface area contributed by atoms with Gasteiger partial charge in [0.2, 0.25) is 0 Å². The van der Waals surface area contributed by atoms with Crippen molar-refractivity contribution in [1.29, 1.82) is 0 Å². The van der Waals surface area contributed by atoms with Crippen molar-refractivity contribution in [3.05, 3.63) is 140 Å². The molecule has 147 valence electrons. The van der Waals surface area contributed by atoms with E-state index in [0.717, 1.165) is 0 Å². The molecule has 0 aliphatic carbocycles. The lowest BCUT2D eigenvalue weighted by molar-refractivity contribution is 1.59. The van der Waals surface area contributed by atoms with Gasteiger partial charge in [-0.15, -0.1) is 0 Å². The van der Waals surface area contributed by atoms with Gasteiger partial charge >= 0.3 is 0 Å². The SMILES string of the molecule is c1ccc(-c2ccc(-c3ccc([Si](c4ccccc4)c4ccccc4)cc3)cc2)cc1. The lowest BCUT2D eigenvalue weighted by Crippen LogP contribution is -2.51. The van der Waals surface area contributed by atoms with E-state index in [-0.39, 0.29) is 0 Å². The zero-order chi connectivity index (χ0) is 20.9. The number of hydrogen-bond donors (Lipinski definition) is 0. The molecule has 0 atom stereocenters. The molecule has 5 aromatic rings. The van der Waals surface area contributed by atoms with E-state index in [1.807, 2.05) is 0 Å². The third-order valence-electron chi connectivity index (χ3n) is 5.62. The molecule has 0 fully saturated rings. The molecule has 1 heteroatoms. The standard InChI is InChI=1S/C30H23Si/c1-4-10-24(11-5-1)25-16-18-26(19-17-25)27-20-22-30(23-21-27)31(28-12-6-2-7-13-28)29-14-8-3-9-15-29/h1-23H. The quantitative estimate of drug-likeness (QED) is 0.263. The van der Waals surface area contributed by atoms with Crippen LogP contribution in [-0.4, -0.2) is 8.80 Å². The van der Waals surface area contributed by atoms with Gasteiger partial charge in [0.05, 0.1) is 0 Å². The van der Waals surface area contributed by atoms with Gasteiger partial charge < -0.3 is 0 Å². The van der Waals surface area contributed by atoms with Crippen LogP contribution in [0.25, 0.3) is 22.3 Å². The smallest absolute Gasteiger partial charge is 0.0624 e. The lowest BCUT2D eigenvalue weighted by Gasteiger charge is -2.17. The fraction of sp³-hybridized carbons (Fsp3) is 0. The lowest BCUT2D eigenvalue weighted by atomic mass is 10.0. The van der Waals surface area contributed by atoms with Crippen molar-refractivity contribution in [3.63, 3.8) is 0 Å². The molecular formula is C30H23Si. The van der Waals surface area contributed by atoms with Crippen LogP contribution in [0.3, 0.4) is 0 Å². The first kappa shape index (κ1) is 19.3. The van der Waals surface area contributed by atoms with Gasteiger partial charge in [-0.05, 0) is 22.3 Å². The third kappa shape index (κ3) is 4.28. The highest BCUT2D eigenvalue weighted by Crippen LogP contribution is 2.24. The average Bonchev–Trinajstić information content (AvgIpc) is 2.87. The summed E-state index contributed by atoms with van der Waals surface area (Å²) in [7, 11) is -1.02. The Kier molecular flexibility index (Phi) is 5.59. The van der Waals surface area contributed by atoms with Gasteiger partial charge in [-0.3, -0.25) is 0 Å². The molecule has 0 unspecified atom stereocenters. The Balaban J connectivity index is 1.46. The second-order valence-corrected chi connectivity index (χ2v) is 10.1. The van der Waals surface area contributed by atoms with E-state index in [0.29, 0.717) is 0 Å². The first-order valence-electron chi connectivity index (χ1n) is 10.6. The largest absolute Gasteiger partial charge is 0.154 e. The molecule has 0 amide bonds. The molecule has 0 nitrogen and oxygen atoms in total. The second kappa shape index (κ2) is 8.99. The van der Waals surface area contributed by atoms with Crippen LogP contribution < -0.4 is 15.6 Å². The molecule has 1 radical (unpaired) electrons. The van der Waals surface area contributed by atoms with Crippen molar-refractivity contribution in [1.82, 2.24) is 0 Å². The monoisotopic (exact) mass is 411 g/mol. The molecule has 0 aliphatic heterocycles. The molecular weight excluding hydrogens is 388 g/mol. The fourth-order valence-corrected chi connectivity index (χ4v) is 6.58. The average molecular weight is 412 g/mol. The molecule has 0 aromatic heterocycles. The Morgan fingerprint density at radius 2 is 0.548 bits per heavy atom. The van der Waals surface area contributed by atoms with Gasteiger partial charge in [-0.2, -0.15) is 0 Å². The van der Waals surface area contributed by atoms with E-state index in [1.54, 1.807) is 0 Å². The van der Waals surface area contributed by atoms with Gasteiger partial charge in [0.25, 0.3) is 0 Å². The van der Waals surface area contributed by atoms with Crippen LogP contribution in [0.15, 0.2) is 140 Å². The predicted molar refractivity (Wildman–Crippen MR) is 135 cm³/mol. The van der Waals surface area contributed by atoms with E-state index in [1.165, 1.54) is 37.8 Å². The van der Waals surface area contributed by atoms with Crippen molar-refractivity contribution in [2.45, 2.75) is 0 Å². The van der Waals surface area contributed by atoms with Crippen molar-refractivity contribution < 1.29 is 0 Å². The molecule has 0 spiro atoms. The van der Waals surface area contributed by atoms with Crippen LogP contribution in [-0.2, 0) is 0 Å². The molecule has 5 aromatic carbocycles. The maximum atomic E-state index is 2.31. The van der Waals surface area contributed by atoms with E-state index in [9.17, 15) is 0 Å². The predicted octanol–water partition coefficient (Wildman–Crippen LogP) is 5.54. The summed E-state index contributed by atoms with van der Waals surface area (Å²) in [5.41, 5.74) is 5.01. The Hall–Kier alpha value is -3.68. The first-order valence-corrected chi connectivity index (χ1v) is 12.1. The summed E-state index contributed by atoms with van der Waals surface area (Å²) in [6, 6.07) is 50.4. The first-order chi connectivity index (χ1) is 15.4. The number of hydrogen-bond acceptors (Lipinski definition) is 0. The molecule has 0 heterocycles. The van der Waals surface area contributed by atoms with Crippen LogP contribution >= 0.6 is 0 Å². The van der Waals surface area contributed by atoms with Crippen LogP contribution in [0.1, 0.15) is 0 Å². The van der Waals surface area contributed by atoms with Crippen LogP contribution in [0.2, 0.25) is 0 Å². The van der Waals surface area contributed by atoms with Crippen molar-refractivity contribution in [3.8, 4) is 22.3 Å². The molecule has 0 saturated heterocycles. The van der Waals surface area contributed by atoms with Crippen LogP contribution in [0, 0.1) is 0 Å². The van der Waals surface area contributed by atoms with Gasteiger partial charge in [0.15, 0.2) is 8.80 Å². The van der Waals surface area contributed by atoms with Crippen molar-refractivity contribution in [2.24, 2.45) is 0 Å². The maximum absolute atomic E-state index is 2.31. The zero-order valence-corrected chi connectivity index (χ0v) is 18.3. The Labute approximate surface area is 186 Å². The van der Waals surface area contributed by atoms with E-state index in [4.69, 9.17) is 0 Å². The van der Waals surface area contributed by atoms with E-state index >= 15 is 0 Å². The minimum absolute atomic E-state index is 1.02. The van der Waals surface area contributed by atoms with E-state index in [2.05, 4.69) is 140 Å². The maximum Gasteiger partial charge on any atom is 0.154 e. The zero-order valence-electron chi connectivity index (χ0n) is 17.3. The Morgan fingerprint density at radius 3 is 0.968 bits per heavy atom. The van der Waals surface area contributed by atoms with Gasteiger partial charge in [-0.1, -0.05) is 155 Å². The third-order valence-corrected chi connectivity index (χ3v) is 8.36. The van der Waals surface area contributed by atoms with Crippen LogP contribution in [0.4, 0.5) is 0 Å². The summed E-state index contributed by atoms with van der Waals surface area (Å²) in [6.45, 7) is 0. The number of benzene rings is 5. The molecule has 5 rings (SSSR count). The molecule has 0 aliphatic rings.